The van der Waals surface area contributed by atoms with E-state index < -0.39 is 0 Å². The van der Waals surface area contributed by atoms with Gasteiger partial charge in [-0.3, -0.25) is 0 Å². The standard InChI is InChI=1S/C12H12FOP/c1-14-12-3-2-10(8-11(12)13)9-4-6-15-7-5-9/h2-6,8,15H,7H2,1H3. The monoisotopic (exact) mass is 222 g/mol. The largest absolute Gasteiger partial charge is 0.494 e. The number of halogens is 1. The molecule has 1 atom stereocenters. The summed E-state index contributed by atoms with van der Waals surface area (Å²) in [5.74, 6) is 2.12. The lowest BCUT2D eigenvalue weighted by Gasteiger charge is -2.08. The van der Waals surface area contributed by atoms with E-state index in [4.69, 9.17) is 4.74 Å². The zero-order valence-electron chi connectivity index (χ0n) is 8.46. The van der Waals surface area contributed by atoms with Gasteiger partial charge in [0, 0.05) is 0 Å². The fraction of sp³-hybridized carbons (Fsp3) is 0.167. The molecule has 1 aliphatic heterocycles. The molecule has 78 valence electrons. The van der Waals surface area contributed by atoms with Crippen LogP contribution >= 0.6 is 8.58 Å². The van der Waals surface area contributed by atoms with Crippen LogP contribution in [0.3, 0.4) is 0 Å². The molecule has 0 spiro atoms. The Morgan fingerprint density at radius 2 is 2.27 bits per heavy atom. The highest BCUT2D eigenvalue weighted by atomic mass is 31.1. The fourth-order valence-corrected chi connectivity index (χ4v) is 2.28. The molecule has 0 bridgehead atoms. The molecule has 1 aromatic carbocycles. The first-order chi connectivity index (χ1) is 7.31. The topological polar surface area (TPSA) is 9.23 Å². The van der Waals surface area contributed by atoms with Crippen LogP contribution in [0.2, 0.25) is 0 Å². The highest BCUT2D eigenvalue weighted by Gasteiger charge is 2.06. The van der Waals surface area contributed by atoms with E-state index in [1.54, 1.807) is 6.07 Å². The maximum Gasteiger partial charge on any atom is 0.165 e. The molecule has 1 aromatic rings. The third kappa shape index (κ3) is 2.27. The lowest BCUT2D eigenvalue weighted by Crippen LogP contribution is -1.91. The third-order valence-electron chi connectivity index (χ3n) is 2.31. The van der Waals surface area contributed by atoms with E-state index in [1.165, 1.54) is 13.2 Å². The van der Waals surface area contributed by atoms with Gasteiger partial charge in [-0.15, -0.1) is 0 Å². The van der Waals surface area contributed by atoms with Gasteiger partial charge in [0.2, 0.25) is 0 Å². The smallest absolute Gasteiger partial charge is 0.165 e. The van der Waals surface area contributed by atoms with Crippen molar-refractivity contribution in [3.8, 4) is 5.75 Å². The second-order valence-electron chi connectivity index (χ2n) is 3.25. The van der Waals surface area contributed by atoms with E-state index in [0.29, 0.717) is 5.75 Å². The van der Waals surface area contributed by atoms with Gasteiger partial charge in [0.1, 0.15) is 0 Å². The van der Waals surface area contributed by atoms with E-state index in [2.05, 4.69) is 11.9 Å². The van der Waals surface area contributed by atoms with Gasteiger partial charge in [-0.1, -0.05) is 32.6 Å². The van der Waals surface area contributed by atoms with Gasteiger partial charge < -0.3 is 4.74 Å². The molecular formula is C12H12FOP. The first-order valence-electron chi connectivity index (χ1n) is 4.75. The van der Waals surface area contributed by atoms with Crippen molar-refractivity contribution in [2.24, 2.45) is 0 Å². The van der Waals surface area contributed by atoms with Crippen LogP contribution in [0.1, 0.15) is 5.56 Å². The third-order valence-corrected chi connectivity index (χ3v) is 3.15. The van der Waals surface area contributed by atoms with Crippen molar-refractivity contribution < 1.29 is 9.13 Å². The van der Waals surface area contributed by atoms with Gasteiger partial charge in [-0.2, -0.15) is 0 Å². The summed E-state index contributed by atoms with van der Waals surface area (Å²) in [5.41, 5.74) is 2.00. The Morgan fingerprint density at radius 1 is 1.40 bits per heavy atom. The van der Waals surface area contributed by atoms with E-state index in [1.807, 2.05) is 12.1 Å². The molecule has 0 fully saturated rings. The predicted molar refractivity (Wildman–Crippen MR) is 63.3 cm³/mol. The Labute approximate surface area is 90.4 Å². The van der Waals surface area contributed by atoms with Crippen molar-refractivity contribution in [1.29, 1.82) is 0 Å². The molecule has 2 rings (SSSR count). The maximum absolute atomic E-state index is 13.4. The molecule has 0 amide bonds. The summed E-state index contributed by atoms with van der Waals surface area (Å²) in [6, 6.07) is 5.06. The zero-order chi connectivity index (χ0) is 10.7. The van der Waals surface area contributed by atoms with Gasteiger partial charge in [0.25, 0.3) is 0 Å². The van der Waals surface area contributed by atoms with Crippen molar-refractivity contribution in [3.63, 3.8) is 0 Å². The second kappa shape index (κ2) is 4.59. The molecule has 0 aliphatic carbocycles. The molecule has 0 radical (unpaired) electrons. The second-order valence-corrected chi connectivity index (χ2v) is 4.40. The lowest BCUT2D eigenvalue weighted by molar-refractivity contribution is 0.386. The first-order valence-corrected chi connectivity index (χ1v) is 6.04. The molecule has 3 heteroatoms. The number of hydrogen-bond acceptors (Lipinski definition) is 1. The average molecular weight is 222 g/mol. The Morgan fingerprint density at radius 3 is 2.87 bits per heavy atom. The number of benzene rings is 1. The fourth-order valence-electron chi connectivity index (χ4n) is 1.51. The van der Waals surface area contributed by atoms with Crippen molar-refractivity contribution in [3.05, 3.63) is 47.5 Å². The summed E-state index contributed by atoms with van der Waals surface area (Å²) in [6.07, 6.45) is 5.24. The van der Waals surface area contributed by atoms with Gasteiger partial charge in [0.05, 0.1) is 7.11 Å². The molecule has 1 unspecified atom stereocenters. The molecule has 0 aromatic heterocycles. The zero-order valence-corrected chi connectivity index (χ0v) is 9.46. The Balaban J connectivity index is 2.33. The van der Waals surface area contributed by atoms with Crippen LogP contribution in [0.25, 0.3) is 5.57 Å². The summed E-state index contributed by atoms with van der Waals surface area (Å²) in [4.78, 5) is 0. The van der Waals surface area contributed by atoms with Crippen LogP contribution in [-0.2, 0) is 0 Å². The van der Waals surface area contributed by atoms with E-state index in [0.717, 1.165) is 25.9 Å². The normalized spacial score (nSPS) is 16.5. The van der Waals surface area contributed by atoms with Crippen molar-refractivity contribution >= 4 is 14.2 Å². The highest BCUT2D eigenvalue weighted by molar-refractivity contribution is 7.42. The minimum absolute atomic E-state index is 0.293. The van der Waals surface area contributed by atoms with Crippen molar-refractivity contribution in [2.75, 3.05) is 13.3 Å². The van der Waals surface area contributed by atoms with Crippen LogP contribution < -0.4 is 4.74 Å². The Hall–Kier alpha value is -1.14. The molecular weight excluding hydrogens is 210 g/mol. The quantitative estimate of drug-likeness (QED) is 0.696. The van der Waals surface area contributed by atoms with Gasteiger partial charge in [-0.25, -0.2) is 4.39 Å². The predicted octanol–water partition coefficient (Wildman–Crippen LogP) is 3.42. The van der Waals surface area contributed by atoms with Crippen molar-refractivity contribution in [2.45, 2.75) is 0 Å². The summed E-state index contributed by atoms with van der Waals surface area (Å²) in [6.45, 7) is 0. The number of ether oxygens (including phenoxy) is 1. The first kappa shape index (κ1) is 10.4. The molecule has 0 saturated carbocycles. The van der Waals surface area contributed by atoms with Crippen LogP contribution in [0.4, 0.5) is 4.39 Å². The van der Waals surface area contributed by atoms with Gasteiger partial charge in [0.15, 0.2) is 11.6 Å². The van der Waals surface area contributed by atoms with E-state index in [9.17, 15) is 4.39 Å². The molecule has 0 saturated heterocycles. The van der Waals surface area contributed by atoms with Crippen LogP contribution in [0.15, 0.2) is 36.2 Å². The molecule has 0 N–H and O–H groups in total. The van der Waals surface area contributed by atoms with E-state index >= 15 is 0 Å². The SMILES string of the molecule is COc1ccc(C2=CCPC=C2)cc1F. The molecule has 1 nitrogen and oxygen atoms in total. The van der Waals surface area contributed by atoms with Gasteiger partial charge >= 0.3 is 0 Å². The summed E-state index contributed by atoms with van der Waals surface area (Å²) >= 11 is 0. The van der Waals surface area contributed by atoms with Crippen molar-refractivity contribution in [1.82, 2.24) is 0 Å². The van der Waals surface area contributed by atoms with Crippen LogP contribution in [0, 0.1) is 5.82 Å². The van der Waals surface area contributed by atoms with Crippen LogP contribution in [0.5, 0.6) is 5.75 Å². The number of methoxy groups -OCH3 is 1. The minimum atomic E-state index is -0.308. The highest BCUT2D eigenvalue weighted by Crippen LogP contribution is 2.28. The average Bonchev–Trinajstić information content (AvgIpc) is 2.30. The summed E-state index contributed by atoms with van der Waals surface area (Å²) in [7, 11) is 2.32. The van der Waals surface area contributed by atoms with E-state index in [-0.39, 0.29) is 5.82 Å². The lowest BCUT2D eigenvalue weighted by atomic mass is 10.1. The number of hydrogen-bond donors (Lipinski definition) is 0. The summed E-state index contributed by atoms with van der Waals surface area (Å²) < 4.78 is 18.3. The number of rotatable bonds is 2. The maximum atomic E-state index is 13.4. The minimum Gasteiger partial charge on any atom is -0.494 e. The Kier molecular flexibility index (Phi) is 3.17. The Bertz CT molecular complexity index is 424. The van der Waals surface area contributed by atoms with Crippen LogP contribution in [-0.4, -0.2) is 13.3 Å². The molecule has 1 aliphatic rings. The van der Waals surface area contributed by atoms with Gasteiger partial charge in [-0.05, 0) is 29.4 Å². The number of allylic oxidation sites excluding steroid dienone is 3. The summed E-state index contributed by atoms with van der Waals surface area (Å²) in [5, 5.41) is 0. The molecule has 15 heavy (non-hydrogen) atoms. The molecule has 1 heterocycles.